The molecule has 0 saturated carbocycles. The highest BCUT2D eigenvalue weighted by Gasteiger charge is 2.17. The zero-order valence-corrected chi connectivity index (χ0v) is 12.6. The average Bonchev–Trinajstić information content (AvgIpc) is 2.97. The second-order valence-electron chi connectivity index (χ2n) is 5.32. The molecule has 1 atom stereocenters. The molecule has 1 N–H and O–H groups in total. The average molecular weight is 311 g/mol. The van der Waals surface area contributed by atoms with Crippen molar-refractivity contribution in [3.05, 3.63) is 22.5 Å². The van der Waals surface area contributed by atoms with E-state index in [9.17, 15) is 14.9 Å². The van der Waals surface area contributed by atoms with Crippen LogP contribution in [0.15, 0.2) is 12.4 Å². The summed E-state index contributed by atoms with van der Waals surface area (Å²) in [6.07, 6.45) is 2.51. The molecule has 1 unspecified atom stereocenters. The molecule has 0 aromatic carbocycles. The van der Waals surface area contributed by atoms with E-state index in [0.29, 0.717) is 13.1 Å². The van der Waals surface area contributed by atoms with Crippen LogP contribution >= 0.6 is 0 Å². The van der Waals surface area contributed by atoms with E-state index in [4.69, 9.17) is 4.74 Å². The lowest BCUT2D eigenvalue weighted by molar-refractivity contribution is -0.385. The van der Waals surface area contributed by atoms with Crippen molar-refractivity contribution in [2.75, 3.05) is 39.4 Å². The minimum absolute atomic E-state index is 0.0695. The highest BCUT2D eigenvalue weighted by Crippen LogP contribution is 2.09. The summed E-state index contributed by atoms with van der Waals surface area (Å²) in [5.74, 6) is -0.379. The first-order chi connectivity index (χ1) is 10.6. The van der Waals surface area contributed by atoms with Crippen LogP contribution in [0.2, 0.25) is 0 Å². The molecule has 9 heteroatoms. The van der Waals surface area contributed by atoms with E-state index >= 15 is 0 Å². The minimum Gasteiger partial charge on any atom is -0.379 e. The number of carbonyl (C=O) groups excluding carboxylic acids is 1. The van der Waals surface area contributed by atoms with E-state index in [1.165, 1.54) is 17.1 Å². The fourth-order valence-electron chi connectivity index (χ4n) is 2.25. The molecule has 1 aromatic heterocycles. The number of rotatable bonds is 7. The van der Waals surface area contributed by atoms with Gasteiger partial charge in [0.2, 0.25) is 5.91 Å². The first kappa shape index (κ1) is 16.4. The van der Waals surface area contributed by atoms with Gasteiger partial charge in [0.05, 0.1) is 30.6 Å². The highest BCUT2D eigenvalue weighted by atomic mass is 16.6. The lowest BCUT2D eigenvalue weighted by atomic mass is 10.1. The van der Waals surface area contributed by atoms with Crippen LogP contribution < -0.4 is 5.32 Å². The Kier molecular flexibility index (Phi) is 5.84. The highest BCUT2D eigenvalue weighted by molar-refractivity contribution is 5.78. The number of hydrogen-bond donors (Lipinski definition) is 1. The van der Waals surface area contributed by atoms with Crippen LogP contribution in [0.1, 0.15) is 6.92 Å². The fraction of sp³-hybridized carbons (Fsp3) is 0.692. The Labute approximate surface area is 128 Å². The van der Waals surface area contributed by atoms with Gasteiger partial charge in [0.1, 0.15) is 12.4 Å². The number of nitrogens with one attached hydrogen (secondary N) is 1. The van der Waals surface area contributed by atoms with Gasteiger partial charge in [-0.15, -0.1) is 0 Å². The maximum Gasteiger partial charge on any atom is 0.306 e. The summed E-state index contributed by atoms with van der Waals surface area (Å²) in [6.45, 7) is 6.74. The van der Waals surface area contributed by atoms with Crippen LogP contribution in [0.4, 0.5) is 5.69 Å². The monoisotopic (exact) mass is 311 g/mol. The number of aromatic nitrogens is 2. The van der Waals surface area contributed by atoms with Gasteiger partial charge in [-0.1, -0.05) is 6.92 Å². The number of nitro groups is 1. The summed E-state index contributed by atoms with van der Waals surface area (Å²) in [5, 5.41) is 17.4. The van der Waals surface area contributed by atoms with Crippen LogP contribution in [0.25, 0.3) is 0 Å². The van der Waals surface area contributed by atoms with E-state index in [1.54, 1.807) is 6.92 Å². The topological polar surface area (TPSA) is 103 Å². The van der Waals surface area contributed by atoms with Gasteiger partial charge in [0.15, 0.2) is 0 Å². The molecule has 9 nitrogen and oxygen atoms in total. The zero-order valence-electron chi connectivity index (χ0n) is 12.6. The van der Waals surface area contributed by atoms with Crippen LogP contribution in [0.3, 0.4) is 0 Å². The number of nitrogens with zero attached hydrogens (tertiary/aromatic N) is 4. The molecule has 1 aliphatic rings. The minimum atomic E-state index is -0.503. The fourth-order valence-corrected chi connectivity index (χ4v) is 2.25. The second-order valence-corrected chi connectivity index (χ2v) is 5.32. The molecule has 1 saturated heterocycles. The predicted octanol–water partition coefficient (Wildman–Crippen LogP) is -0.124. The van der Waals surface area contributed by atoms with Gasteiger partial charge in [-0.3, -0.25) is 24.5 Å². The number of hydrogen-bond acceptors (Lipinski definition) is 6. The first-order valence-corrected chi connectivity index (χ1v) is 7.31. The van der Waals surface area contributed by atoms with Gasteiger partial charge in [0.25, 0.3) is 0 Å². The van der Waals surface area contributed by atoms with Crippen molar-refractivity contribution in [3.63, 3.8) is 0 Å². The maximum atomic E-state index is 12.0. The summed E-state index contributed by atoms with van der Waals surface area (Å²) >= 11 is 0. The van der Waals surface area contributed by atoms with Crippen LogP contribution in [-0.4, -0.2) is 64.9 Å². The third-order valence-corrected chi connectivity index (χ3v) is 3.57. The van der Waals surface area contributed by atoms with Crippen molar-refractivity contribution in [1.29, 1.82) is 0 Å². The molecule has 0 radical (unpaired) electrons. The molecule has 0 aliphatic carbocycles. The van der Waals surface area contributed by atoms with E-state index < -0.39 is 4.92 Å². The SMILES string of the molecule is CC(Cn1cc([N+](=O)[O-])cn1)C(=O)NCCN1CCOCC1. The standard InChI is InChI=1S/C13H21N5O4/c1-11(9-17-10-12(8-15-17)18(20)21)13(19)14-2-3-16-4-6-22-7-5-16/h8,10-11H,2-7,9H2,1H3,(H,14,19). The quantitative estimate of drug-likeness (QED) is 0.556. The van der Waals surface area contributed by atoms with Crippen molar-refractivity contribution < 1.29 is 14.5 Å². The zero-order chi connectivity index (χ0) is 15.9. The number of morpholine rings is 1. The Balaban J connectivity index is 1.70. The number of carbonyl (C=O) groups is 1. The van der Waals surface area contributed by atoms with Gasteiger partial charge in [0, 0.05) is 26.2 Å². The molecule has 2 heterocycles. The predicted molar refractivity (Wildman–Crippen MR) is 78.3 cm³/mol. The second kappa shape index (κ2) is 7.85. The molecule has 1 aliphatic heterocycles. The third kappa shape index (κ3) is 4.78. The Bertz CT molecular complexity index is 512. The van der Waals surface area contributed by atoms with Gasteiger partial charge in [-0.05, 0) is 0 Å². The Morgan fingerprint density at radius 2 is 2.27 bits per heavy atom. The van der Waals surface area contributed by atoms with Gasteiger partial charge >= 0.3 is 5.69 Å². The summed E-state index contributed by atoms with van der Waals surface area (Å²) in [4.78, 5) is 24.3. The van der Waals surface area contributed by atoms with Gasteiger partial charge < -0.3 is 10.1 Å². The van der Waals surface area contributed by atoms with Gasteiger partial charge in [-0.2, -0.15) is 5.10 Å². The van der Waals surface area contributed by atoms with Crippen LogP contribution in [-0.2, 0) is 16.1 Å². The normalized spacial score (nSPS) is 17.1. The van der Waals surface area contributed by atoms with Crippen LogP contribution in [0.5, 0.6) is 0 Å². The molecule has 0 bridgehead atoms. The molecule has 1 amide bonds. The van der Waals surface area contributed by atoms with E-state index in [1.807, 2.05) is 0 Å². The van der Waals surface area contributed by atoms with Crippen molar-refractivity contribution in [2.24, 2.45) is 5.92 Å². The lowest BCUT2D eigenvalue weighted by Gasteiger charge is -2.26. The van der Waals surface area contributed by atoms with Crippen molar-refractivity contribution in [1.82, 2.24) is 20.0 Å². The van der Waals surface area contributed by atoms with E-state index in [-0.39, 0.29) is 17.5 Å². The summed E-state index contributed by atoms with van der Waals surface area (Å²) < 4.78 is 6.68. The Morgan fingerprint density at radius 3 is 2.91 bits per heavy atom. The first-order valence-electron chi connectivity index (χ1n) is 7.31. The Morgan fingerprint density at radius 1 is 1.55 bits per heavy atom. The lowest BCUT2D eigenvalue weighted by Crippen LogP contribution is -2.42. The number of ether oxygens (including phenoxy) is 1. The van der Waals surface area contributed by atoms with Crippen LogP contribution in [0, 0.1) is 16.0 Å². The van der Waals surface area contributed by atoms with Crippen molar-refractivity contribution in [3.8, 4) is 0 Å². The van der Waals surface area contributed by atoms with E-state index in [0.717, 1.165) is 32.8 Å². The van der Waals surface area contributed by atoms with Crippen molar-refractivity contribution >= 4 is 11.6 Å². The van der Waals surface area contributed by atoms with E-state index in [2.05, 4.69) is 15.3 Å². The van der Waals surface area contributed by atoms with Gasteiger partial charge in [-0.25, -0.2) is 0 Å². The molecular formula is C13H21N5O4. The van der Waals surface area contributed by atoms with Crippen molar-refractivity contribution in [2.45, 2.75) is 13.5 Å². The maximum absolute atomic E-state index is 12.0. The molecule has 1 aromatic rings. The molecule has 0 spiro atoms. The molecule has 2 rings (SSSR count). The molecule has 122 valence electrons. The summed E-state index contributed by atoms with van der Waals surface area (Å²) in [5.41, 5.74) is -0.0695. The molecule has 22 heavy (non-hydrogen) atoms. The molecular weight excluding hydrogens is 290 g/mol. The smallest absolute Gasteiger partial charge is 0.306 e. The number of amides is 1. The summed E-state index contributed by atoms with van der Waals surface area (Å²) in [6, 6.07) is 0. The largest absolute Gasteiger partial charge is 0.379 e. The summed E-state index contributed by atoms with van der Waals surface area (Å²) in [7, 11) is 0. The third-order valence-electron chi connectivity index (χ3n) is 3.57. The Hall–Kier alpha value is -2.00. The molecule has 1 fully saturated rings.